The second kappa shape index (κ2) is 12.2. The molecule has 2 amide bonds. The molecule has 7 nitrogen and oxygen atoms in total. The SMILES string of the molecule is CCOCCn1c(=NC(=O)CSCC(=O)N2CCN(c3ccccc3)CC2)sc2ccccc21. The molecule has 0 atom stereocenters. The van der Waals surface area contributed by atoms with Crippen molar-refractivity contribution >= 4 is 50.8 Å². The number of amides is 2. The van der Waals surface area contributed by atoms with E-state index in [1.54, 1.807) is 0 Å². The summed E-state index contributed by atoms with van der Waals surface area (Å²) in [6.45, 7) is 6.88. The number of ether oxygens (including phenoxy) is 1. The van der Waals surface area contributed by atoms with Crippen molar-refractivity contribution in [3.05, 3.63) is 59.4 Å². The second-order valence-corrected chi connectivity index (χ2v) is 9.90. The number of piperazine rings is 1. The number of thioether (sulfide) groups is 1. The number of hydrogen-bond donors (Lipinski definition) is 0. The van der Waals surface area contributed by atoms with Crippen molar-refractivity contribution in [2.45, 2.75) is 13.5 Å². The van der Waals surface area contributed by atoms with Crippen LogP contribution >= 0.6 is 23.1 Å². The Labute approximate surface area is 208 Å². The highest BCUT2D eigenvalue weighted by Gasteiger charge is 2.21. The summed E-state index contributed by atoms with van der Waals surface area (Å²) in [7, 11) is 0. The fourth-order valence-electron chi connectivity index (χ4n) is 3.93. The van der Waals surface area contributed by atoms with Crippen LogP contribution in [0.5, 0.6) is 0 Å². The average Bonchev–Trinajstić information content (AvgIpc) is 3.21. The number of aromatic nitrogens is 1. The van der Waals surface area contributed by atoms with Crippen molar-refractivity contribution < 1.29 is 14.3 Å². The number of hydrogen-bond acceptors (Lipinski definition) is 6. The molecule has 0 spiro atoms. The zero-order chi connectivity index (χ0) is 23.8. The minimum absolute atomic E-state index is 0.0825. The molecule has 1 aliphatic rings. The second-order valence-electron chi connectivity index (χ2n) is 7.90. The molecule has 34 heavy (non-hydrogen) atoms. The van der Waals surface area contributed by atoms with Gasteiger partial charge in [0.15, 0.2) is 4.80 Å². The van der Waals surface area contributed by atoms with Gasteiger partial charge in [0.2, 0.25) is 5.91 Å². The van der Waals surface area contributed by atoms with Gasteiger partial charge in [-0.25, -0.2) is 0 Å². The molecule has 1 aromatic heterocycles. The summed E-state index contributed by atoms with van der Waals surface area (Å²) < 4.78 is 8.63. The predicted octanol–water partition coefficient (Wildman–Crippen LogP) is 3.25. The Morgan fingerprint density at radius 1 is 1.00 bits per heavy atom. The molecule has 1 aliphatic heterocycles. The monoisotopic (exact) mass is 498 g/mol. The Morgan fingerprint density at radius 3 is 2.50 bits per heavy atom. The normalized spacial score (nSPS) is 14.7. The molecule has 0 aliphatic carbocycles. The van der Waals surface area contributed by atoms with Crippen molar-refractivity contribution in [3.63, 3.8) is 0 Å². The molecular formula is C25H30N4O3S2. The minimum atomic E-state index is -0.219. The van der Waals surface area contributed by atoms with Crippen molar-refractivity contribution in [1.29, 1.82) is 0 Å². The zero-order valence-corrected chi connectivity index (χ0v) is 21.0. The lowest BCUT2D eigenvalue weighted by Gasteiger charge is -2.36. The lowest BCUT2D eigenvalue weighted by molar-refractivity contribution is -0.128. The van der Waals surface area contributed by atoms with E-state index in [0.29, 0.717) is 43.4 Å². The van der Waals surface area contributed by atoms with Gasteiger partial charge in [0.25, 0.3) is 5.91 Å². The predicted molar refractivity (Wildman–Crippen MR) is 139 cm³/mol. The maximum atomic E-state index is 12.6. The van der Waals surface area contributed by atoms with Crippen molar-refractivity contribution in [2.24, 2.45) is 4.99 Å². The molecular weight excluding hydrogens is 468 g/mol. The molecule has 4 rings (SSSR count). The number of carbonyl (C=O) groups is 2. The van der Waals surface area contributed by atoms with E-state index >= 15 is 0 Å². The Balaban J connectivity index is 1.29. The van der Waals surface area contributed by atoms with Crippen molar-refractivity contribution in [1.82, 2.24) is 9.47 Å². The molecule has 2 heterocycles. The number of benzene rings is 2. The number of rotatable bonds is 9. The summed E-state index contributed by atoms with van der Waals surface area (Å²) in [6.07, 6.45) is 0. The Morgan fingerprint density at radius 2 is 1.74 bits per heavy atom. The van der Waals surface area contributed by atoms with Crippen LogP contribution in [-0.2, 0) is 20.9 Å². The van der Waals surface area contributed by atoms with Crippen LogP contribution in [-0.4, -0.2) is 72.2 Å². The summed E-state index contributed by atoms with van der Waals surface area (Å²) >= 11 is 2.84. The topological polar surface area (TPSA) is 67.1 Å². The molecule has 0 saturated carbocycles. The van der Waals surface area contributed by atoms with Gasteiger partial charge in [0.1, 0.15) is 0 Å². The Hall–Kier alpha value is -2.62. The first-order valence-corrected chi connectivity index (χ1v) is 13.5. The quantitative estimate of drug-likeness (QED) is 0.424. The molecule has 9 heteroatoms. The van der Waals surface area contributed by atoms with Gasteiger partial charge < -0.3 is 19.1 Å². The van der Waals surface area contributed by atoms with E-state index in [0.717, 1.165) is 23.3 Å². The van der Waals surface area contributed by atoms with Gasteiger partial charge in [-0.2, -0.15) is 4.99 Å². The molecule has 0 N–H and O–H groups in total. The van der Waals surface area contributed by atoms with E-state index in [1.165, 1.54) is 28.8 Å². The number of thiazole rings is 1. The zero-order valence-electron chi connectivity index (χ0n) is 19.4. The molecule has 1 fully saturated rings. The molecule has 180 valence electrons. The Bertz CT molecular complexity index is 1170. The summed E-state index contributed by atoms with van der Waals surface area (Å²) in [5, 5.41) is 0. The lowest BCUT2D eigenvalue weighted by atomic mass is 10.2. The smallest absolute Gasteiger partial charge is 0.258 e. The third kappa shape index (κ3) is 6.28. The number of para-hydroxylation sites is 2. The highest BCUT2D eigenvalue weighted by molar-refractivity contribution is 8.00. The van der Waals surface area contributed by atoms with Crippen LogP contribution in [0.3, 0.4) is 0 Å². The molecule has 0 bridgehead atoms. The molecule has 1 saturated heterocycles. The minimum Gasteiger partial charge on any atom is -0.380 e. The first-order valence-electron chi connectivity index (χ1n) is 11.5. The third-order valence-electron chi connectivity index (χ3n) is 5.68. The van der Waals surface area contributed by atoms with Crippen molar-refractivity contribution in [3.8, 4) is 0 Å². The van der Waals surface area contributed by atoms with Gasteiger partial charge in [-0.15, -0.1) is 11.8 Å². The van der Waals surface area contributed by atoms with Gasteiger partial charge in [0, 0.05) is 45.0 Å². The van der Waals surface area contributed by atoms with E-state index in [2.05, 4.69) is 22.0 Å². The number of carbonyl (C=O) groups excluding carboxylic acids is 2. The fraction of sp³-hybridized carbons (Fsp3) is 0.400. The molecule has 2 aromatic carbocycles. The van der Waals surface area contributed by atoms with Gasteiger partial charge in [-0.1, -0.05) is 41.7 Å². The molecule has 0 unspecified atom stereocenters. The largest absolute Gasteiger partial charge is 0.380 e. The van der Waals surface area contributed by atoms with Crippen LogP contribution in [0.1, 0.15) is 6.92 Å². The molecule has 0 radical (unpaired) electrons. The molecule has 3 aromatic rings. The van der Waals surface area contributed by atoms with Gasteiger partial charge in [-0.3, -0.25) is 9.59 Å². The highest BCUT2D eigenvalue weighted by atomic mass is 32.2. The summed E-state index contributed by atoms with van der Waals surface area (Å²) in [4.78, 5) is 34.4. The standard InChI is InChI=1S/C25H30N4O3S2/c1-2-32-17-16-29-21-10-6-7-11-22(21)34-25(29)26-23(30)18-33-19-24(31)28-14-12-27(13-15-28)20-8-4-3-5-9-20/h3-11H,2,12-19H2,1H3. The van der Waals surface area contributed by atoms with Crippen LogP contribution in [0.2, 0.25) is 0 Å². The lowest BCUT2D eigenvalue weighted by Crippen LogP contribution is -2.49. The summed E-state index contributed by atoms with van der Waals surface area (Å²) in [5.41, 5.74) is 2.24. The van der Waals surface area contributed by atoms with Crippen LogP contribution in [0.15, 0.2) is 59.6 Å². The number of anilines is 1. The summed E-state index contributed by atoms with van der Waals surface area (Å²) in [6, 6.07) is 18.3. The third-order valence-corrected chi connectivity index (χ3v) is 7.64. The number of fused-ring (bicyclic) bond motifs is 1. The fourth-order valence-corrected chi connectivity index (χ4v) is 5.70. The summed E-state index contributed by atoms with van der Waals surface area (Å²) in [5.74, 6) is 0.348. The number of nitrogens with zero attached hydrogens (tertiary/aromatic N) is 4. The van der Waals surface area contributed by atoms with Crippen LogP contribution < -0.4 is 9.70 Å². The average molecular weight is 499 g/mol. The van der Waals surface area contributed by atoms with Crippen LogP contribution in [0.25, 0.3) is 10.2 Å². The van der Waals surface area contributed by atoms with E-state index in [1.807, 2.05) is 58.9 Å². The highest BCUT2D eigenvalue weighted by Crippen LogP contribution is 2.18. The van der Waals surface area contributed by atoms with Crippen molar-refractivity contribution in [2.75, 3.05) is 55.8 Å². The first kappa shape index (κ1) is 24.5. The van der Waals surface area contributed by atoms with Gasteiger partial charge in [-0.05, 0) is 31.2 Å². The first-order chi connectivity index (χ1) is 16.7. The Kier molecular flexibility index (Phi) is 8.79. The van der Waals surface area contributed by atoms with Gasteiger partial charge >= 0.3 is 0 Å². The maximum absolute atomic E-state index is 12.6. The van der Waals surface area contributed by atoms with E-state index in [4.69, 9.17) is 4.74 Å². The van der Waals surface area contributed by atoms with Crippen LogP contribution in [0, 0.1) is 0 Å². The maximum Gasteiger partial charge on any atom is 0.258 e. The van der Waals surface area contributed by atoms with E-state index < -0.39 is 0 Å². The van der Waals surface area contributed by atoms with E-state index in [-0.39, 0.29) is 17.6 Å². The van der Waals surface area contributed by atoms with Crippen LogP contribution in [0.4, 0.5) is 5.69 Å². The van der Waals surface area contributed by atoms with Gasteiger partial charge in [0.05, 0.1) is 28.3 Å². The van der Waals surface area contributed by atoms with E-state index in [9.17, 15) is 9.59 Å².